The zero-order valence-corrected chi connectivity index (χ0v) is 18.8. The molecule has 1 amide bonds. The zero-order valence-electron chi connectivity index (χ0n) is 16.5. The summed E-state index contributed by atoms with van der Waals surface area (Å²) in [5, 5.41) is 6.01. The van der Waals surface area contributed by atoms with E-state index in [2.05, 4.69) is 10.3 Å². The van der Waals surface area contributed by atoms with E-state index in [4.69, 9.17) is 23.2 Å². The summed E-state index contributed by atoms with van der Waals surface area (Å²) < 4.78 is 106. The summed E-state index contributed by atoms with van der Waals surface area (Å²) in [6, 6.07) is 4.30. The molecule has 0 saturated heterocycles. The number of hydrogen-bond donors (Lipinski definition) is 1. The van der Waals surface area contributed by atoms with Crippen molar-refractivity contribution in [1.29, 1.82) is 0 Å². The van der Waals surface area contributed by atoms with E-state index >= 15 is 0 Å². The lowest BCUT2D eigenvalue weighted by molar-refractivity contribution is -0.140. The summed E-state index contributed by atoms with van der Waals surface area (Å²) in [6.45, 7) is 1.19. The van der Waals surface area contributed by atoms with Crippen molar-refractivity contribution in [3.8, 4) is 5.69 Å². The summed E-state index contributed by atoms with van der Waals surface area (Å²) in [4.78, 5) is 11.3. The second kappa shape index (κ2) is 8.74. The molecule has 1 aromatic heterocycles. The number of carbonyl (C=O) groups is 1. The molecule has 0 atom stereocenters. The van der Waals surface area contributed by atoms with Crippen LogP contribution in [-0.4, -0.2) is 29.3 Å². The Morgan fingerprint density at radius 2 is 1.56 bits per heavy atom. The summed E-state index contributed by atoms with van der Waals surface area (Å²) in [7, 11) is -5.01. The van der Waals surface area contributed by atoms with Gasteiger partial charge in [-0.25, -0.2) is 17.8 Å². The van der Waals surface area contributed by atoms with Crippen molar-refractivity contribution in [2.24, 2.45) is 0 Å². The van der Waals surface area contributed by atoms with E-state index in [1.54, 1.807) is 0 Å². The van der Waals surface area contributed by atoms with Gasteiger partial charge in [-0.05, 0) is 31.2 Å². The highest BCUT2D eigenvalue weighted by Crippen LogP contribution is 2.38. The Morgan fingerprint density at radius 1 is 1.00 bits per heavy atom. The first-order valence-corrected chi connectivity index (χ1v) is 11.0. The topological polar surface area (TPSA) is 93.9 Å². The number of hydrogen-bond acceptors (Lipinski definition) is 5. The number of halogens is 8. The van der Waals surface area contributed by atoms with E-state index in [9.17, 15) is 39.6 Å². The van der Waals surface area contributed by atoms with Crippen LogP contribution in [0.25, 0.3) is 5.69 Å². The maximum absolute atomic E-state index is 13.2. The van der Waals surface area contributed by atoms with Gasteiger partial charge in [-0.1, -0.05) is 40.5 Å². The lowest BCUT2D eigenvalue weighted by Gasteiger charge is -2.14. The Hall–Kier alpha value is -2.84. The minimum Gasteiger partial charge on any atom is -0.266 e. The molecule has 0 unspecified atom stereocenters. The van der Waals surface area contributed by atoms with Crippen molar-refractivity contribution in [1.82, 2.24) is 19.7 Å². The van der Waals surface area contributed by atoms with Crippen LogP contribution >= 0.6 is 23.2 Å². The van der Waals surface area contributed by atoms with Crippen LogP contribution in [0.5, 0.6) is 0 Å². The van der Waals surface area contributed by atoms with E-state index in [-0.39, 0.29) is 11.4 Å². The molecule has 0 aliphatic carbocycles. The fraction of sp³-hybridized carbons (Fsp3) is 0.167. The summed E-state index contributed by atoms with van der Waals surface area (Å²) in [6.07, 6.45) is -9.78. The van der Waals surface area contributed by atoms with Gasteiger partial charge in [0.15, 0.2) is 5.69 Å². The highest BCUT2D eigenvalue weighted by atomic mass is 35.5. The molecular weight excluding hydrogens is 537 g/mol. The molecule has 1 N–H and O–H groups in total. The SMILES string of the molecule is Cc1c(C(=O)NS(=O)(=O)c2ccccc2C(F)(F)F)nnn1-c1c(Cl)cc(C(F)(F)F)cc1Cl. The van der Waals surface area contributed by atoms with Gasteiger partial charge in [-0.2, -0.15) is 26.3 Å². The molecule has 2 aromatic carbocycles. The minimum atomic E-state index is -5.02. The Kier molecular flexibility index (Phi) is 6.63. The van der Waals surface area contributed by atoms with Crippen LogP contribution in [0.15, 0.2) is 41.3 Å². The minimum absolute atomic E-state index is 0.208. The van der Waals surface area contributed by atoms with Gasteiger partial charge in [0.05, 0.1) is 31.8 Å². The largest absolute Gasteiger partial charge is 0.417 e. The van der Waals surface area contributed by atoms with Crippen molar-refractivity contribution in [3.63, 3.8) is 0 Å². The third kappa shape index (κ3) is 4.98. The fourth-order valence-electron chi connectivity index (χ4n) is 2.84. The molecule has 182 valence electrons. The molecule has 0 aliphatic heterocycles. The van der Waals surface area contributed by atoms with E-state index < -0.39 is 60.0 Å². The van der Waals surface area contributed by atoms with E-state index in [0.717, 1.165) is 16.8 Å². The number of carbonyl (C=O) groups excluding carboxylic acids is 1. The van der Waals surface area contributed by atoms with E-state index in [1.807, 2.05) is 0 Å². The molecule has 0 bridgehead atoms. The summed E-state index contributed by atoms with van der Waals surface area (Å²) in [5.41, 5.74) is -3.80. The molecule has 34 heavy (non-hydrogen) atoms. The Bertz CT molecular complexity index is 1360. The number of amides is 1. The summed E-state index contributed by atoms with van der Waals surface area (Å²) in [5.74, 6) is -1.44. The third-order valence-electron chi connectivity index (χ3n) is 4.37. The Morgan fingerprint density at radius 3 is 2.09 bits per heavy atom. The van der Waals surface area contributed by atoms with Gasteiger partial charge in [0.25, 0.3) is 15.9 Å². The zero-order chi connectivity index (χ0) is 25.6. The van der Waals surface area contributed by atoms with Crippen molar-refractivity contribution in [3.05, 3.63) is 69.0 Å². The molecule has 7 nitrogen and oxygen atoms in total. The van der Waals surface area contributed by atoms with Crippen molar-refractivity contribution in [2.45, 2.75) is 24.2 Å². The van der Waals surface area contributed by atoms with Crippen LogP contribution in [0.4, 0.5) is 26.3 Å². The molecule has 3 aromatic rings. The number of aromatic nitrogens is 3. The predicted octanol–water partition coefficient (Wildman–Crippen LogP) is 5.04. The number of rotatable bonds is 4. The average Bonchev–Trinajstić information content (AvgIpc) is 3.07. The molecule has 1 heterocycles. The van der Waals surface area contributed by atoms with E-state index in [0.29, 0.717) is 24.3 Å². The number of nitrogens with zero attached hydrogens (tertiary/aromatic N) is 3. The Labute approximate surface area is 197 Å². The third-order valence-corrected chi connectivity index (χ3v) is 6.34. The van der Waals surface area contributed by atoms with Crippen LogP contribution in [0.3, 0.4) is 0 Å². The quantitative estimate of drug-likeness (QED) is 0.463. The van der Waals surface area contributed by atoms with Crippen LogP contribution in [0, 0.1) is 6.92 Å². The molecular formula is C18H10Cl2F6N4O3S. The van der Waals surface area contributed by atoms with E-state index in [1.165, 1.54) is 11.6 Å². The predicted molar refractivity (Wildman–Crippen MR) is 107 cm³/mol. The van der Waals surface area contributed by atoms with Gasteiger partial charge >= 0.3 is 12.4 Å². The number of benzene rings is 2. The second-order valence-electron chi connectivity index (χ2n) is 6.65. The van der Waals surface area contributed by atoms with Gasteiger partial charge in [0.1, 0.15) is 5.69 Å². The fourth-order valence-corrected chi connectivity index (χ4v) is 4.67. The highest BCUT2D eigenvalue weighted by molar-refractivity contribution is 7.90. The van der Waals surface area contributed by atoms with Gasteiger partial charge < -0.3 is 0 Å². The number of sulfonamides is 1. The van der Waals surface area contributed by atoms with Gasteiger partial charge in [-0.15, -0.1) is 5.10 Å². The smallest absolute Gasteiger partial charge is 0.266 e. The lowest BCUT2D eigenvalue weighted by Crippen LogP contribution is -2.32. The average molecular weight is 547 g/mol. The molecule has 0 spiro atoms. The normalized spacial score (nSPS) is 12.6. The Balaban J connectivity index is 1.99. The summed E-state index contributed by atoms with van der Waals surface area (Å²) >= 11 is 11.8. The number of alkyl halides is 6. The van der Waals surface area contributed by atoms with Crippen LogP contribution in [0.1, 0.15) is 27.3 Å². The molecule has 3 rings (SSSR count). The molecule has 0 fully saturated rings. The first-order valence-electron chi connectivity index (χ1n) is 8.76. The first kappa shape index (κ1) is 25.8. The molecule has 0 saturated carbocycles. The molecule has 0 aliphatic rings. The molecule has 16 heteroatoms. The van der Waals surface area contributed by atoms with Crippen LogP contribution < -0.4 is 4.72 Å². The van der Waals surface area contributed by atoms with Crippen molar-refractivity contribution in [2.75, 3.05) is 0 Å². The highest BCUT2D eigenvalue weighted by Gasteiger charge is 2.38. The van der Waals surface area contributed by atoms with Gasteiger partial charge in [0.2, 0.25) is 0 Å². The van der Waals surface area contributed by atoms with Crippen LogP contribution in [0.2, 0.25) is 10.0 Å². The van der Waals surface area contributed by atoms with Crippen molar-refractivity contribution >= 4 is 39.1 Å². The van der Waals surface area contributed by atoms with Gasteiger partial charge in [-0.3, -0.25) is 4.79 Å². The maximum atomic E-state index is 13.2. The molecule has 0 radical (unpaired) electrons. The van der Waals surface area contributed by atoms with Crippen LogP contribution in [-0.2, 0) is 22.4 Å². The first-order chi connectivity index (χ1) is 15.5. The monoisotopic (exact) mass is 546 g/mol. The lowest BCUT2D eigenvalue weighted by atomic mass is 10.2. The second-order valence-corrected chi connectivity index (χ2v) is 9.12. The van der Waals surface area contributed by atoms with Crippen molar-refractivity contribution < 1.29 is 39.6 Å². The maximum Gasteiger partial charge on any atom is 0.417 e. The standard InChI is InChI=1S/C18H10Cl2F6N4O3S/c1-8-14(16(31)28-34(32,33)13-5-3-2-4-10(13)18(24,25)26)27-29-30(8)15-11(19)6-9(7-12(15)20)17(21,22)23/h2-7H,1H3,(H,28,31). The van der Waals surface area contributed by atoms with Gasteiger partial charge in [0, 0.05) is 0 Å². The number of nitrogens with one attached hydrogen (secondary N) is 1.